The second kappa shape index (κ2) is 10.5. The number of carbonyl (C=O) groups is 3. The zero-order chi connectivity index (χ0) is 14.7. The molecule has 0 aromatic rings. The smallest absolute Gasteiger partial charge is 0.321 e. The second-order valence-electron chi connectivity index (χ2n) is 3.21. The average molecular weight is 306 g/mol. The van der Waals surface area contributed by atoms with Gasteiger partial charge in [0, 0.05) is 5.75 Å². The van der Waals surface area contributed by atoms with Gasteiger partial charge in [0.1, 0.15) is 6.04 Å². The number of carboxylic acid groups (broad SMARTS) is 1. The number of nitrogens with zero attached hydrogens (tertiary/aromatic N) is 1. The molecule has 10 heteroatoms. The van der Waals surface area contributed by atoms with E-state index in [1.54, 1.807) is 0 Å². The van der Waals surface area contributed by atoms with Crippen molar-refractivity contribution in [3.05, 3.63) is 0 Å². The van der Waals surface area contributed by atoms with Crippen molar-refractivity contribution in [3.63, 3.8) is 0 Å². The van der Waals surface area contributed by atoms with E-state index in [0.717, 1.165) is 23.5 Å². The molecule has 0 saturated carbocycles. The molecule has 0 aromatic carbocycles. The number of thioether (sulfide) groups is 2. The first-order valence-electron chi connectivity index (χ1n) is 5.06. The van der Waals surface area contributed by atoms with E-state index in [1.807, 2.05) is 6.07 Å². The third-order valence-corrected chi connectivity index (χ3v) is 3.45. The fraction of sp³-hybridized carbons (Fsp3) is 0.556. The minimum atomic E-state index is -1.13. The van der Waals surface area contributed by atoms with E-state index in [1.165, 1.54) is 0 Å². The Morgan fingerprint density at radius 3 is 2.21 bits per heavy atom. The van der Waals surface area contributed by atoms with Gasteiger partial charge in [0.2, 0.25) is 11.8 Å². The van der Waals surface area contributed by atoms with E-state index in [9.17, 15) is 14.4 Å². The first kappa shape index (κ1) is 17.6. The molecule has 1 atom stereocenters. The first-order chi connectivity index (χ1) is 8.97. The van der Waals surface area contributed by atoms with Crippen LogP contribution in [0.15, 0.2) is 0 Å². The Bertz CT molecular complexity index is 372. The molecule has 0 radical (unpaired) electrons. The number of carbonyl (C=O) groups excluding carboxylic acids is 2. The van der Waals surface area contributed by atoms with Crippen molar-refractivity contribution >= 4 is 41.3 Å². The van der Waals surface area contributed by atoms with Gasteiger partial charge in [-0.25, -0.2) is 0 Å². The van der Waals surface area contributed by atoms with Gasteiger partial charge in [0.15, 0.2) is 0 Å². The van der Waals surface area contributed by atoms with E-state index in [4.69, 9.17) is 16.1 Å². The highest BCUT2D eigenvalue weighted by atomic mass is 32.2. The zero-order valence-electron chi connectivity index (χ0n) is 9.92. The maximum absolute atomic E-state index is 11.2. The molecule has 0 aliphatic carbocycles. The van der Waals surface area contributed by atoms with Gasteiger partial charge in [0.05, 0.1) is 23.3 Å². The van der Waals surface area contributed by atoms with Crippen LogP contribution in [0, 0.1) is 11.3 Å². The number of hydrogen-bond acceptors (Lipinski definition) is 7. The summed E-state index contributed by atoms with van der Waals surface area (Å²) in [4.78, 5) is 32.8. The van der Waals surface area contributed by atoms with Crippen LogP contribution in [-0.4, -0.2) is 51.9 Å². The highest BCUT2D eigenvalue weighted by Gasteiger charge is 2.12. The molecule has 19 heavy (non-hydrogen) atoms. The highest BCUT2D eigenvalue weighted by Crippen LogP contribution is 2.01. The molecule has 0 aliphatic heterocycles. The molecule has 0 fully saturated rings. The van der Waals surface area contributed by atoms with E-state index >= 15 is 0 Å². The number of nitrogens with two attached hydrogens (primary N) is 1. The number of nitriles is 1. The lowest BCUT2D eigenvalue weighted by Crippen LogP contribution is -2.43. The summed E-state index contributed by atoms with van der Waals surface area (Å²) in [6.45, 7) is 0. The van der Waals surface area contributed by atoms with Crippen LogP contribution in [0.1, 0.15) is 0 Å². The van der Waals surface area contributed by atoms with Crippen LogP contribution in [-0.2, 0) is 14.4 Å². The Balaban J connectivity index is 3.62. The standard InChI is InChI=1S/C9H14N4O4S2/c10-1-2-18-4-7(14)12-13-8(15)5-19-3-6(11)9(16)17/h6H,2-5,11H2,(H,12,14)(H,13,15)(H,16,17). The fourth-order valence-corrected chi connectivity index (χ4v) is 1.97. The van der Waals surface area contributed by atoms with E-state index in [2.05, 4.69) is 10.9 Å². The van der Waals surface area contributed by atoms with Crippen molar-refractivity contribution in [1.82, 2.24) is 10.9 Å². The SMILES string of the molecule is N#CCSCC(=O)NNC(=O)CSCC(N)C(=O)O. The van der Waals surface area contributed by atoms with Crippen molar-refractivity contribution in [2.75, 3.05) is 23.0 Å². The van der Waals surface area contributed by atoms with Crippen LogP contribution >= 0.6 is 23.5 Å². The molecular weight excluding hydrogens is 292 g/mol. The zero-order valence-corrected chi connectivity index (χ0v) is 11.6. The molecule has 0 heterocycles. The van der Waals surface area contributed by atoms with Crippen molar-refractivity contribution in [2.24, 2.45) is 5.73 Å². The van der Waals surface area contributed by atoms with Crippen molar-refractivity contribution < 1.29 is 19.5 Å². The van der Waals surface area contributed by atoms with Gasteiger partial charge in [-0.2, -0.15) is 5.26 Å². The summed E-state index contributed by atoms with van der Waals surface area (Å²) in [7, 11) is 0. The van der Waals surface area contributed by atoms with Crippen LogP contribution < -0.4 is 16.6 Å². The minimum absolute atomic E-state index is 0.00734. The van der Waals surface area contributed by atoms with Crippen LogP contribution in [0.2, 0.25) is 0 Å². The number of aliphatic carboxylic acids is 1. The summed E-state index contributed by atoms with van der Waals surface area (Å²) in [5.74, 6) is -1.63. The summed E-state index contributed by atoms with van der Waals surface area (Å²) in [5.41, 5.74) is 9.58. The van der Waals surface area contributed by atoms with Crippen molar-refractivity contribution in [1.29, 1.82) is 5.26 Å². The van der Waals surface area contributed by atoms with Crippen LogP contribution in [0.5, 0.6) is 0 Å². The third kappa shape index (κ3) is 10.2. The van der Waals surface area contributed by atoms with Gasteiger partial charge in [0.25, 0.3) is 0 Å². The monoisotopic (exact) mass is 306 g/mol. The molecule has 0 saturated heterocycles. The lowest BCUT2D eigenvalue weighted by molar-refractivity contribution is -0.138. The Morgan fingerprint density at radius 2 is 1.74 bits per heavy atom. The predicted octanol–water partition coefficient (Wildman–Crippen LogP) is -1.46. The predicted molar refractivity (Wildman–Crippen MR) is 72.2 cm³/mol. The molecule has 0 aliphatic rings. The fourth-order valence-electron chi connectivity index (χ4n) is 0.751. The summed E-state index contributed by atoms with van der Waals surface area (Å²) < 4.78 is 0. The molecule has 106 valence electrons. The number of nitrogens with one attached hydrogen (secondary N) is 2. The molecule has 0 rings (SSSR count). The summed E-state index contributed by atoms with van der Waals surface area (Å²) in [6, 6.07) is 0.849. The van der Waals surface area contributed by atoms with Crippen molar-refractivity contribution in [3.8, 4) is 6.07 Å². The molecule has 8 nitrogen and oxygen atoms in total. The summed E-state index contributed by atoms with van der Waals surface area (Å²) in [6.07, 6.45) is 0. The lowest BCUT2D eigenvalue weighted by atomic mass is 10.4. The van der Waals surface area contributed by atoms with Gasteiger partial charge in [-0.1, -0.05) is 0 Å². The Kier molecular flexibility index (Phi) is 9.69. The quantitative estimate of drug-likeness (QED) is 0.314. The maximum atomic E-state index is 11.2. The topological polar surface area (TPSA) is 145 Å². The highest BCUT2D eigenvalue weighted by molar-refractivity contribution is 8.00. The molecule has 1 unspecified atom stereocenters. The van der Waals surface area contributed by atoms with Crippen LogP contribution in [0.25, 0.3) is 0 Å². The van der Waals surface area contributed by atoms with Gasteiger partial charge in [-0.05, 0) is 0 Å². The van der Waals surface area contributed by atoms with Crippen molar-refractivity contribution in [2.45, 2.75) is 6.04 Å². The van der Waals surface area contributed by atoms with E-state index < -0.39 is 23.8 Å². The molecular formula is C9H14N4O4S2. The Morgan fingerprint density at radius 1 is 1.21 bits per heavy atom. The molecule has 0 spiro atoms. The molecule has 5 N–H and O–H groups in total. The third-order valence-electron chi connectivity index (χ3n) is 1.59. The van der Waals surface area contributed by atoms with Gasteiger partial charge in [-0.3, -0.25) is 25.2 Å². The van der Waals surface area contributed by atoms with Crippen LogP contribution in [0.3, 0.4) is 0 Å². The average Bonchev–Trinajstić information content (AvgIpc) is 2.36. The van der Waals surface area contributed by atoms with Gasteiger partial charge >= 0.3 is 5.97 Å². The number of carboxylic acids is 1. The molecule has 0 bridgehead atoms. The van der Waals surface area contributed by atoms with E-state index in [-0.39, 0.29) is 23.0 Å². The van der Waals surface area contributed by atoms with Gasteiger partial charge < -0.3 is 10.8 Å². The Labute approximate surface area is 118 Å². The summed E-state index contributed by atoms with van der Waals surface area (Å²) >= 11 is 2.18. The number of amides is 2. The maximum Gasteiger partial charge on any atom is 0.321 e. The first-order valence-corrected chi connectivity index (χ1v) is 7.36. The van der Waals surface area contributed by atoms with Crippen LogP contribution in [0.4, 0.5) is 0 Å². The number of hydrazine groups is 1. The summed E-state index contributed by atoms with van der Waals surface area (Å²) in [5, 5.41) is 16.8. The largest absolute Gasteiger partial charge is 0.480 e. The lowest BCUT2D eigenvalue weighted by Gasteiger charge is -2.08. The van der Waals surface area contributed by atoms with Gasteiger partial charge in [-0.15, -0.1) is 23.5 Å². The normalized spacial score (nSPS) is 11.2. The number of rotatable bonds is 8. The molecule has 2 amide bonds. The second-order valence-corrected chi connectivity index (χ2v) is 5.22. The molecule has 0 aromatic heterocycles. The Hall–Kier alpha value is -1.44. The minimum Gasteiger partial charge on any atom is -0.480 e. The van der Waals surface area contributed by atoms with E-state index in [0.29, 0.717) is 0 Å². The number of hydrogen-bond donors (Lipinski definition) is 4.